The van der Waals surface area contributed by atoms with Crippen molar-refractivity contribution in [2.75, 3.05) is 6.54 Å². The normalized spacial score (nSPS) is 26.4. The molecule has 0 aromatic heterocycles. The van der Waals surface area contributed by atoms with Crippen molar-refractivity contribution in [2.45, 2.75) is 18.9 Å². The van der Waals surface area contributed by atoms with Crippen LogP contribution in [0.25, 0.3) is 0 Å². The summed E-state index contributed by atoms with van der Waals surface area (Å²) in [5.74, 6) is -0.815. The number of hydrogen-bond acceptors (Lipinski definition) is 2. The number of nitrogens with one attached hydrogen (secondary N) is 1. The predicted molar refractivity (Wildman–Crippen MR) is 37.8 cm³/mol. The van der Waals surface area contributed by atoms with Gasteiger partial charge in [-0.15, -0.1) is 0 Å². The van der Waals surface area contributed by atoms with E-state index in [4.69, 9.17) is 5.11 Å². The molecule has 0 aromatic rings. The van der Waals surface area contributed by atoms with Gasteiger partial charge in [0.05, 0.1) is 0 Å². The van der Waals surface area contributed by atoms with Crippen molar-refractivity contribution in [3.05, 3.63) is 12.2 Å². The van der Waals surface area contributed by atoms with Crippen LogP contribution in [0.2, 0.25) is 0 Å². The van der Waals surface area contributed by atoms with E-state index in [0.717, 1.165) is 25.0 Å². The van der Waals surface area contributed by atoms with Crippen LogP contribution in [0.4, 0.5) is 0 Å². The van der Waals surface area contributed by atoms with Gasteiger partial charge in [-0.05, 0) is 25.0 Å². The zero-order valence-electron chi connectivity index (χ0n) is 5.76. The van der Waals surface area contributed by atoms with Gasteiger partial charge in [-0.1, -0.05) is 6.58 Å². The molecule has 0 aliphatic carbocycles. The number of carboxylic acid groups (broad SMARTS) is 1. The number of carbonyl (C=O) groups is 1. The molecule has 3 nitrogen and oxygen atoms in total. The van der Waals surface area contributed by atoms with Crippen molar-refractivity contribution in [1.29, 1.82) is 0 Å². The Hall–Kier alpha value is -0.830. The number of aliphatic carboxylic acids is 1. The maximum absolute atomic E-state index is 10.4. The Bertz CT molecular complexity index is 165. The maximum atomic E-state index is 10.4. The number of rotatable bonds is 1. The van der Waals surface area contributed by atoms with Gasteiger partial charge in [-0.3, -0.25) is 4.79 Å². The summed E-state index contributed by atoms with van der Waals surface area (Å²) in [4.78, 5) is 10.4. The molecule has 2 N–H and O–H groups in total. The second kappa shape index (κ2) is 2.84. The van der Waals surface area contributed by atoms with Crippen LogP contribution >= 0.6 is 0 Å². The molecule has 1 fully saturated rings. The van der Waals surface area contributed by atoms with E-state index in [-0.39, 0.29) is 0 Å². The molecule has 10 heavy (non-hydrogen) atoms. The molecule has 56 valence electrons. The number of carboxylic acids is 1. The van der Waals surface area contributed by atoms with Crippen LogP contribution in [0.3, 0.4) is 0 Å². The Morgan fingerprint density at radius 3 is 2.90 bits per heavy atom. The molecule has 1 heterocycles. The zero-order chi connectivity index (χ0) is 7.56. The van der Waals surface area contributed by atoms with Crippen molar-refractivity contribution >= 4 is 5.97 Å². The third-order valence-corrected chi connectivity index (χ3v) is 1.68. The molecule has 0 unspecified atom stereocenters. The van der Waals surface area contributed by atoms with E-state index >= 15 is 0 Å². The maximum Gasteiger partial charge on any atom is 0.324 e. The van der Waals surface area contributed by atoms with Crippen LogP contribution in [0.5, 0.6) is 0 Å². The van der Waals surface area contributed by atoms with Crippen LogP contribution in [-0.2, 0) is 4.79 Å². The quantitative estimate of drug-likeness (QED) is 0.519. The van der Waals surface area contributed by atoms with E-state index in [9.17, 15) is 4.79 Å². The molecule has 0 bridgehead atoms. The van der Waals surface area contributed by atoms with Crippen molar-refractivity contribution in [3.8, 4) is 0 Å². The second-order valence-electron chi connectivity index (χ2n) is 2.49. The van der Waals surface area contributed by atoms with Gasteiger partial charge in [0, 0.05) is 0 Å². The molecular formula is C7H11NO2. The molecular weight excluding hydrogens is 130 g/mol. The summed E-state index contributed by atoms with van der Waals surface area (Å²) in [6.07, 6.45) is 1.84. The van der Waals surface area contributed by atoms with Gasteiger partial charge in [0.2, 0.25) is 0 Å². The lowest BCUT2D eigenvalue weighted by molar-refractivity contribution is -0.138. The van der Waals surface area contributed by atoms with Gasteiger partial charge in [0.15, 0.2) is 0 Å². The van der Waals surface area contributed by atoms with E-state index in [1.54, 1.807) is 0 Å². The van der Waals surface area contributed by atoms with Crippen molar-refractivity contribution in [2.24, 2.45) is 0 Å². The van der Waals surface area contributed by atoms with E-state index in [0.29, 0.717) is 0 Å². The summed E-state index contributed by atoms with van der Waals surface area (Å²) in [5.41, 5.74) is 0.791. The first-order chi connectivity index (χ1) is 4.72. The molecule has 1 aliphatic heterocycles. The van der Waals surface area contributed by atoms with Crippen molar-refractivity contribution in [1.82, 2.24) is 5.32 Å². The zero-order valence-corrected chi connectivity index (χ0v) is 5.76. The first-order valence-corrected chi connectivity index (χ1v) is 3.35. The standard InChI is InChI=1S/C7H11NO2/c1-5-3-2-4-8-6(5)7(9)10/h6,8H,1-4H2,(H,9,10)/t6-/m0/s1. The SMILES string of the molecule is C=C1CCCN[C@@H]1C(=O)O. The summed E-state index contributed by atoms with van der Waals surface area (Å²) >= 11 is 0. The van der Waals surface area contributed by atoms with Crippen LogP contribution in [0, 0.1) is 0 Å². The summed E-state index contributed by atoms with van der Waals surface area (Å²) < 4.78 is 0. The monoisotopic (exact) mass is 141 g/mol. The summed E-state index contributed by atoms with van der Waals surface area (Å²) in [7, 11) is 0. The summed E-state index contributed by atoms with van der Waals surface area (Å²) in [5, 5.41) is 11.5. The Kier molecular flexibility index (Phi) is 2.06. The van der Waals surface area contributed by atoms with Gasteiger partial charge in [-0.2, -0.15) is 0 Å². The minimum Gasteiger partial charge on any atom is -0.480 e. The molecule has 1 saturated heterocycles. The highest BCUT2D eigenvalue weighted by molar-refractivity contribution is 5.77. The largest absolute Gasteiger partial charge is 0.480 e. The Morgan fingerprint density at radius 1 is 1.80 bits per heavy atom. The van der Waals surface area contributed by atoms with E-state index in [1.807, 2.05) is 0 Å². The van der Waals surface area contributed by atoms with E-state index in [1.165, 1.54) is 0 Å². The second-order valence-corrected chi connectivity index (χ2v) is 2.49. The number of piperidine rings is 1. The minimum absolute atomic E-state index is 0.506. The van der Waals surface area contributed by atoms with Gasteiger partial charge in [0.25, 0.3) is 0 Å². The molecule has 1 rings (SSSR count). The molecule has 0 radical (unpaired) electrons. The average Bonchev–Trinajstić information content (AvgIpc) is 1.88. The van der Waals surface area contributed by atoms with Crippen LogP contribution in [0.15, 0.2) is 12.2 Å². The fourth-order valence-corrected chi connectivity index (χ4v) is 1.11. The fraction of sp³-hybridized carbons (Fsp3) is 0.571. The minimum atomic E-state index is -0.815. The van der Waals surface area contributed by atoms with Crippen LogP contribution in [0.1, 0.15) is 12.8 Å². The summed E-state index contributed by atoms with van der Waals surface area (Å²) in [6.45, 7) is 4.46. The average molecular weight is 141 g/mol. The molecule has 1 aliphatic rings. The predicted octanol–water partition coefficient (Wildman–Crippen LogP) is 0.379. The van der Waals surface area contributed by atoms with Crippen LogP contribution < -0.4 is 5.32 Å². The topological polar surface area (TPSA) is 49.3 Å². The van der Waals surface area contributed by atoms with Crippen LogP contribution in [-0.4, -0.2) is 23.7 Å². The lowest BCUT2D eigenvalue weighted by atomic mass is 10.00. The van der Waals surface area contributed by atoms with Gasteiger partial charge in [-0.25, -0.2) is 0 Å². The summed E-state index contributed by atoms with van der Waals surface area (Å²) in [6, 6.07) is -0.506. The Labute approximate surface area is 59.7 Å². The lowest BCUT2D eigenvalue weighted by Gasteiger charge is -2.21. The molecule has 0 spiro atoms. The Balaban J connectivity index is 2.56. The van der Waals surface area contributed by atoms with Gasteiger partial charge < -0.3 is 10.4 Å². The Morgan fingerprint density at radius 2 is 2.50 bits per heavy atom. The third-order valence-electron chi connectivity index (χ3n) is 1.68. The van der Waals surface area contributed by atoms with Crippen molar-refractivity contribution < 1.29 is 9.90 Å². The molecule has 0 aromatic carbocycles. The highest BCUT2D eigenvalue weighted by Crippen LogP contribution is 2.12. The first-order valence-electron chi connectivity index (χ1n) is 3.35. The number of hydrogen-bond donors (Lipinski definition) is 2. The van der Waals surface area contributed by atoms with E-state index < -0.39 is 12.0 Å². The first kappa shape index (κ1) is 7.28. The highest BCUT2D eigenvalue weighted by atomic mass is 16.4. The molecule has 1 atom stereocenters. The smallest absolute Gasteiger partial charge is 0.324 e. The molecule has 0 saturated carbocycles. The fourth-order valence-electron chi connectivity index (χ4n) is 1.11. The molecule has 3 heteroatoms. The lowest BCUT2D eigenvalue weighted by Crippen LogP contribution is -2.41. The van der Waals surface area contributed by atoms with Crippen molar-refractivity contribution in [3.63, 3.8) is 0 Å². The van der Waals surface area contributed by atoms with Gasteiger partial charge in [0.1, 0.15) is 6.04 Å². The van der Waals surface area contributed by atoms with E-state index in [2.05, 4.69) is 11.9 Å². The van der Waals surface area contributed by atoms with Gasteiger partial charge >= 0.3 is 5.97 Å². The third kappa shape index (κ3) is 1.36. The highest BCUT2D eigenvalue weighted by Gasteiger charge is 2.22. The molecule has 0 amide bonds.